The summed E-state index contributed by atoms with van der Waals surface area (Å²) >= 11 is 6.31. The second-order valence-electron chi connectivity index (χ2n) is 6.49. The van der Waals surface area contributed by atoms with E-state index >= 15 is 0 Å². The Labute approximate surface area is 147 Å². The number of carbonyl (C=O) groups excluding carboxylic acids is 1. The number of halogens is 1. The fourth-order valence-electron chi connectivity index (χ4n) is 3.67. The van der Waals surface area contributed by atoms with E-state index in [1.807, 2.05) is 30.3 Å². The summed E-state index contributed by atoms with van der Waals surface area (Å²) in [5.41, 5.74) is 3.98. The monoisotopic (exact) mass is 341 g/mol. The van der Waals surface area contributed by atoms with E-state index in [1.54, 1.807) is 4.90 Å². The predicted octanol–water partition coefficient (Wildman–Crippen LogP) is 4.44. The highest BCUT2D eigenvalue weighted by molar-refractivity contribution is 6.34. The van der Waals surface area contributed by atoms with E-state index in [2.05, 4.69) is 12.1 Å². The van der Waals surface area contributed by atoms with Crippen LogP contribution in [0.3, 0.4) is 0 Å². The number of para-hydroxylation sites is 1. The van der Waals surface area contributed by atoms with Crippen LogP contribution in [0, 0.1) is 0 Å². The number of amides is 1. The third kappa shape index (κ3) is 2.83. The summed E-state index contributed by atoms with van der Waals surface area (Å²) in [4.78, 5) is 14.7. The fraction of sp³-hybridized carbons (Fsp3) is 0.350. The largest absolute Gasteiger partial charge is 0.381 e. The SMILES string of the molecule is O=C(c1ccc(C2CCCOC2)cc1)N1CCc2cccc(Cl)c21. The molecule has 0 radical (unpaired) electrons. The van der Waals surface area contributed by atoms with Crippen LogP contribution in [0.1, 0.15) is 40.2 Å². The lowest BCUT2D eigenvalue weighted by Crippen LogP contribution is -2.29. The van der Waals surface area contributed by atoms with E-state index in [0.717, 1.165) is 43.7 Å². The molecule has 0 bridgehead atoms. The lowest BCUT2D eigenvalue weighted by molar-refractivity contribution is 0.0804. The number of nitrogens with zero attached hydrogens (tertiary/aromatic N) is 1. The highest BCUT2D eigenvalue weighted by Crippen LogP contribution is 2.36. The number of benzene rings is 2. The summed E-state index contributed by atoms with van der Waals surface area (Å²) in [6.45, 7) is 2.33. The van der Waals surface area contributed by atoms with Crippen LogP contribution in [0.4, 0.5) is 5.69 Å². The topological polar surface area (TPSA) is 29.5 Å². The molecule has 0 aromatic heterocycles. The Morgan fingerprint density at radius 1 is 1.17 bits per heavy atom. The molecule has 1 amide bonds. The fourth-order valence-corrected chi connectivity index (χ4v) is 3.96. The summed E-state index contributed by atoms with van der Waals surface area (Å²) in [6, 6.07) is 13.8. The van der Waals surface area contributed by atoms with Gasteiger partial charge in [-0.25, -0.2) is 0 Å². The third-order valence-electron chi connectivity index (χ3n) is 4.98. The van der Waals surface area contributed by atoms with Gasteiger partial charge >= 0.3 is 0 Å². The molecule has 2 aliphatic heterocycles. The van der Waals surface area contributed by atoms with Gasteiger partial charge in [-0.15, -0.1) is 0 Å². The Morgan fingerprint density at radius 3 is 2.75 bits per heavy atom. The molecule has 1 saturated heterocycles. The first-order valence-electron chi connectivity index (χ1n) is 8.51. The molecular formula is C20H20ClNO2. The van der Waals surface area contributed by atoms with Gasteiger partial charge in [0.15, 0.2) is 0 Å². The Bertz CT molecular complexity index is 751. The summed E-state index contributed by atoms with van der Waals surface area (Å²) in [5, 5.41) is 0.648. The molecule has 1 atom stereocenters. The van der Waals surface area contributed by atoms with Crippen LogP contribution in [0.25, 0.3) is 0 Å². The van der Waals surface area contributed by atoms with Crippen LogP contribution in [0.2, 0.25) is 5.02 Å². The minimum Gasteiger partial charge on any atom is -0.381 e. The summed E-state index contributed by atoms with van der Waals surface area (Å²) in [6.07, 6.45) is 3.12. The molecule has 2 heterocycles. The maximum Gasteiger partial charge on any atom is 0.258 e. The Morgan fingerprint density at radius 2 is 2.00 bits per heavy atom. The van der Waals surface area contributed by atoms with Crippen LogP contribution in [0.5, 0.6) is 0 Å². The number of carbonyl (C=O) groups is 1. The Balaban J connectivity index is 1.56. The molecule has 2 aliphatic rings. The molecule has 0 saturated carbocycles. The highest BCUT2D eigenvalue weighted by atomic mass is 35.5. The van der Waals surface area contributed by atoms with E-state index in [9.17, 15) is 4.79 Å². The van der Waals surface area contributed by atoms with Crippen molar-refractivity contribution in [2.75, 3.05) is 24.7 Å². The van der Waals surface area contributed by atoms with Gasteiger partial charge in [0.1, 0.15) is 0 Å². The Kier molecular flexibility index (Phi) is 4.30. The van der Waals surface area contributed by atoms with Crippen LogP contribution in [-0.4, -0.2) is 25.7 Å². The van der Waals surface area contributed by atoms with E-state index < -0.39 is 0 Å². The molecule has 3 nitrogen and oxygen atoms in total. The van der Waals surface area contributed by atoms with Crippen LogP contribution in [-0.2, 0) is 11.2 Å². The van der Waals surface area contributed by atoms with Gasteiger partial charge in [-0.3, -0.25) is 4.79 Å². The molecule has 24 heavy (non-hydrogen) atoms. The molecule has 4 rings (SSSR count). The smallest absolute Gasteiger partial charge is 0.258 e. The summed E-state index contributed by atoms with van der Waals surface area (Å²) < 4.78 is 5.56. The first-order chi connectivity index (χ1) is 11.7. The molecule has 2 aromatic rings. The highest BCUT2D eigenvalue weighted by Gasteiger charge is 2.27. The van der Waals surface area contributed by atoms with E-state index in [4.69, 9.17) is 16.3 Å². The van der Waals surface area contributed by atoms with Crippen molar-refractivity contribution in [1.82, 2.24) is 0 Å². The van der Waals surface area contributed by atoms with Crippen molar-refractivity contribution in [1.29, 1.82) is 0 Å². The van der Waals surface area contributed by atoms with Gasteiger partial charge in [0.25, 0.3) is 5.91 Å². The normalized spacial score (nSPS) is 20.0. The molecule has 0 N–H and O–H groups in total. The average Bonchev–Trinajstić information content (AvgIpc) is 3.07. The number of hydrogen-bond acceptors (Lipinski definition) is 2. The minimum atomic E-state index is 0.0216. The lowest BCUT2D eigenvalue weighted by Gasteiger charge is -2.23. The van der Waals surface area contributed by atoms with Gasteiger partial charge in [0, 0.05) is 24.6 Å². The molecule has 0 spiro atoms. The Hall–Kier alpha value is -1.84. The number of fused-ring (bicyclic) bond motifs is 1. The van der Waals surface area contributed by atoms with Crippen molar-refractivity contribution in [3.05, 3.63) is 64.2 Å². The molecule has 4 heteroatoms. The van der Waals surface area contributed by atoms with Crippen molar-refractivity contribution in [2.45, 2.75) is 25.2 Å². The maximum absolute atomic E-state index is 12.9. The zero-order valence-electron chi connectivity index (χ0n) is 13.5. The number of anilines is 1. The lowest BCUT2D eigenvalue weighted by atomic mass is 9.93. The van der Waals surface area contributed by atoms with Crippen LogP contribution < -0.4 is 4.90 Å². The third-order valence-corrected chi connectivity index (χ3v) is 5.28. The molecular weight excluding hydrogens is 322 g/mol. The van der Waals surface area contributed by atoms with Gasteiger partial charge in [0.05, 0.1) is 17.3 Å². The van der Waals surface area contributed by atoms with Gasteiger partial charge in [-0.1, -0.05) is 35.9 Å². The quantitative estimate of drug-likeness (QED) is 0.808. The second-order valence-corrected chi connectivity index (χ2v) is 6.90. The molecule has 2 aromatic carbocycles. The first-order valence-corrected chi connectivity index (χ1v) is 8.89. The van der Waals surface area contributed by atoms with Crippen molar-refractivity contribution in [3.8, 4) is 0 Å². The molecule has 124 valence electrons. The summed E-state index contributed by atoms with van der Waals surface area (Å²) in [5.74, 6) is 0.471. The van der Waals surface area contributed by atoms with Crippen molar-refractivity contribution in [3.63, 3.8) is 0 Å². The number of hydrogen-bond donors (Lipinski definition) is 0. The van der Waals surface area contributed by atoms with Crippen molar-refractivity contribution >= 4 is 23.2 Å². The summed E-state index contributed by atoms with van der Waals surface area (Å²) in [7, 11) is 0. The minimum absolute atomic E-state index is 0.0216. The zero-order chi connectivity index (χ0) is 16.5. The van der Waals surface area contributed by atoms with Crippen molar-refractivity contribution < 1.29 is 9.53 Å². The molecule has 0 aliphatic carbocycles. The van der Waals surface area contributed by atoms with E-state index in [-0.39, 0.29) is 5.91 Å². The van der Waals surface area contributed by atoms with Gasteiger partial charge in [-0.2, -0.15) is 0 Å². The average molecular weight is 342 g/mol. The number of rotatable bonds is 2. The van der Waals surface area contributed by atoms with E-state index in [0.29, 0.717) is 23.0 Å². The van der Waals surface area contributed by atoms with Crippen LogP contribution >= 0.6 is 11.6 Å². The first kappa shape index (κ1) is 15.7. The standard InChI is InChI=1S/C20H20ClNO2/c21-18-5-1-3-15-10-11-22(19(15)18)20(23)16-8-6-14(7-9-16)17-4-2-12-24-13-17/h1,3,5-9,17H,2,4,10-13H2. The van der Waals surface area contributed by atoms with Gasteiger partial charge in [-0.05, 0) is 48.6 Å². The van der Waals surface area contributed by atoms with E-state index in [1.165, 1.54) is 5.56 Å². The molecule has 1 unspecified atom stereocenters. The van der Waals surface area contributed by atoms with Crippen molar-refractivity contribution in [2.24, 2.45) is 0 Å². The second kappa shape index (κ2) is 6.58. The molecule has 1 fully saturated rings. The zero-order valence-corrected chi connectivity index (χ0v) is 14.3. The van der Waals surface area contributed by atoms with Gasteiger partial charge in [0.2, 0.25) is 0 Å². The predicted molar refractivity (Wildman–Crippen MR) is 96.1 cm³/mol. The van der Waals surface area contributed by atoms with Gasteiger partial charge < -0.3 is 9.64 Å². The maximum atomic E-state index is 12.9. The van der Waals surface area contributed by atoms with Crippen LogP contribution in [0.15, 0.2) is 42.5 Å². The number of ether oxygens (including phenoxy) is 1.